The first-order valence-electron chi connectivity index (χ1n) is 13.6. The van der Waals surface area contributed by atoms with Crippen LogP contribution in [-0.2, 0) is 0 Å². The van der Waals surface area contributed by atoms with Crippen LogP contribution < -0.4 is 9.64 Å². The first kappa shape index (κ1) is 20.7. The Bertz CT molecular complexity index is 1990. The number of rotatable bonds is 4. The van der Waals surface area contributed by atoms with Gasteiger partial charge in [-0.15, -0.1) is 0 Å². The van der Waals surface area contributed by atoms with Crippen molar-refractivity contribution in [1.82, 2.24) is 4.57 Å². The second-order valence-electron chi connectivity index (χ2n) is 9.74. The summed E-state index contributed by atoms with van der Waals surface area (Å²) in [6.45, 7) is 0. The maximum atomic E-state index is 8.44. The zero-order valence-electron chi connectivity index (χ0n) is 22.1. The van der Waals surface area contributed by atoms with Crippen LogP contribution in [0.4, 0.5) is 17.1 Å². The summed E-state index contributed by atoms with van der Waals surface area (Å²) in [6.07, 6.45) is 0. The van der Waals surface area contributed by atoms with Crippen molar-refractivity contribution < 1.29 is 6.11 Å². The third kappa shape index (κ3) is 3.37. The van der Waals surface area contributed by atoms with Crippen molar-refractivity contribution in [1.29, 1.82) is 0 Å². The lowest BCUT2D eigenvalue weighted by atomic mass is 10.0. The Kier molecular flexibility index (Phi) is 4.60. The summed E-state index contributed by atoms with van der Waals surface area (Å²) in [5, 5.41) is 2.17. The standard InChI is InChI=1S/C36H24N2O/c1-3-11-26(12-4-1)37(27-13-5-2-6-14-27)28-23-21-25(22-24-28)29-16-9-19-33-36(29)39-34-20-10-17-31-30-15-7-8-18-32(30)38(33)35(31)34/h1-24H/i10D. The largest absolute Gasteiger partial charge is 0.452 e. The fourth-order valence-electron chi connectivity index (χ4n) is 5.79. The lowest BCUT2D eigenvalue weighted by Gasteiger charge is -2.26. The number of aromatic nitrogens is 1. The number of fused-ring (bicyclic) bond motifs is 5. The van der Waals surface area contributed by atoms with Gasteiger partial charge in [-0.25, -0.2) is 0 Å². The first-order chi connectivity index (χ1) is 19.8. The fourth-order valence-corrected chi connectivity index (χ4v) is 5.79. The van der Waals surface area contributed by atoms with E-state index in [4.69, 9.17) is 6.11 Å². The normalized spacial score (nSPS) is 12.2. The van der Waals surface area contributed by atoms with Gasteiger partial charge >= 0.3 is 0 Å². The second-order valence-corrected chi connectivity index (χ2v) is 9.74. The molecule has 0 amide bonds. The van der Waals surface area contributed by atoms with Crippen molar-refractivity contribution in [3.8, 4) is 28.3 Å². The fraction of sp³-hybridized carbons (Fsp3) is 0. The van der Waals surface area contributed by atoms with Gasteiger partial charge in [-0.3, -0.25) is 0 Å². The van der Waals surface area contributed by atoms with Gasteiger partial charge in [-0.05, 0) is 60.2 Å². The predicted molar refractivity (Wildman–Crippen MR) is 161 cm³/mol. The highest BCUT2D eigenvalue weighted by molar-refractivity contribution is 6.12. The van der Waals surface area contributed by atoms with Crippen LogP contribution in [-0.4, -0.2) is 4.57 Å². The molecule has 0 radical (unpaired) electrons. The molecule has 184 valence electrons. The third-order valence-electron chi connectivity index (χ3n) is 7.50. The highest BCUT2D eigenvalue weighted by Gasteiger charge is 2.25. The Hall–Kier alpha value is -5.28. The van der Waals surface area contributed by atoms with E-state index in [1.54, 1.807) is 0 Å². The molecule has 1 aliphatic rings. The smallest absolute Gasteiger partial charge is 0.159 e. The van der Waals surface area contributed by atoms with Crippen LogP contribution in [0.15, 0.2) is 146 Å². The molecule has 1 aromatic heterocycles. The molecule has 0 N–H and O–H groups in total. The number of benzene rings is 6. The van der Waals surface area contributed by atoms with Gasteiger partial charge in [0, 0.05) is 33.4 Å². The predicted octanol–water partition coefficient (Wildman–Crippen LogP) is 10.0. The number of hydrogen-bond donors (Lipinski definition) is 0. The van der Waals surface area contributed by atoms with Gasteiger partial charge in [0.15, 0.2) is 11.5 Å². The molecule has 0 bridgehead atoms. The van der Waals surface area contributed by atoms with Crippen LogP contribution in [0.1, 0.15) is 1.37 Å². The van der Waals surface area contributed by atoms with Gasteiger partial charge in [0.25, 0.3) is 0 Å². The van der Waals surface area contributed by atoms with E-state index >= 15 is 0 Å². The van der Waals surface area contributed by atoms with Gasteiger partial charge in [0.05, 0.1) is 18.1 Å². The summed E-state index contributed by atoms with van der Waals surface area (Å²) in [4.78, 5) is 2.26. The van der Waals surface area contributed by atoms with Gasteiger partial charge in [-0.2, -0.15) is 0 Å². The Morgan fingerprint density at radius 1 is 0.564 bits per heavy atom. The molecular weight excluding hydrogens is 476 g/mol. The molecule has 6 aromatic carbocycles. The Balaban J connectivity index is 1.27. The van der Waals surface area contributed by atoms with Crippen LogP contribution in [0.5, 0.6) is 11.5 Å². The first-order valence-corrected chi connectivity index (χ1v) is 13.1. The average Bonchev–Trinajstić information content (AvgIpc) is 3.34. The van der Waals surface area contributed by atoms with E-state index in [1.165, 1.54) is 0 Å². The Morgan fingerprint density at radius 2 is 1.23 bits per heavy atom. The molecule has 2 heterocycles. The summed E-state index contributed by atoms with van der Waals surface area (Å²) >= 11 is 0. The summed E-state index contributed by atoms with van der Waals surface area (Å²) < 4.78 is 17.3. The lowest BCUT2D eigenvalue weighted by Crippen LogP contribution is -2.09. The molecule has 0 saturated heterocycles. The maximum Gasteiger partial charge on any atom is 0.159 e. The number of anilines is 3. The van der Waals surface area contributed by atoms with Crippen molar-refractivity contribution in [2.24, 2.45) is 0 Å². The SMILES string of the molecule is [2H]c1cc2c3c(c1)c1ccccc1n3-c1cccc(-c3ccc(N(c4ccccc4)c4ccccc4)cc3)c1O2. The van der Waals surface area contributed by atoms with Crippen LogP contribution in [0.2, 0.25) is 0 Å². The molecule has 3 heteroatoms. The molecule has 0 spiro atoms. The van der Waals surface area contributed by atoms with Crippen LogP contribution in [0.25, 0.3) is 38.6 Å². The zero-order chi connectivity index (χ0) is 26.6. The minimum absolute atomic E-state index is 0.442. The molecule has 0 fully saturated rings. The highest BCUT2D eigenvalue weighted by atomic mass is 16.5. The quantitative estimate of drug-likeness (QED) is 0.239. The Morgan fingerprint density at radius 3 is 1.97 bits per heavy atom. The summed E-state index contributed by atoms with van der Waals surface area (Å²) in [7, 11) is 0. The summed E-state index contributed by atoms with van der Waals surface area (Å²) in [5.74, 6) is 1.52. The van der Waals surface area contributed by atoms with Crippen LogP contribution >= 0.6 is 0 Å². The Labute approximate surface area is 228 Å². The topological polar surface area (TPSA) is 17.4 Å². The molecule has 7 aromatic rings. The van der Waals surface area contributed by atoms with E-state index in [0.29, 0.717) is 6.04 Å². The van der Waals surface area contributed by atoms with Crippen molar-refractivity contribution in [2.45, 2.75) is 0 Å². The van der Waals surface area contributed by atoms with Gasteiger partial charge in [-0.1, -0.05) is 91.0 Å². The van der Waals surface area contributed by atoms with Gasteiger partial charge < -0.3 is 14.2 Å². The molecule has 0 saturated carbocycles. The van der Waals surface area contributed by atoms with E-state index in [0.717, 1.165) is 67.2 Å². The van der Waals surface area contributed by atoms with Gasteiger partial charge in [0.2, 0.25) is 0 Å². The van der Waals surface area contributed by atoms with Crippen LogP contribution in [0.3, 0.4) is 0 Å². The molecule has 0 unspecified atom stereocenters. The number of nitrogens with zero attached hydrogens (tertiary/aromatic N) is 2. The van der Waals surface area contributed by atoms with Crippen molar-refractivity contribution in [3.63, 3.8) is 0 Å². The third-order valence-corrected chi connectivity index (χ3v) is 7.50. The van der Waals surface area contributed by atoms with E-state index in [-0.39, 0.29) is 0 Å². The molecule has 0 aliphatic carbocycles. The second kappa shape index (κ2) is 8.64. The van der Waals surface area contributed by atoms with E-state index in [1.807, 2.05) is 30.3 Å². The molecule has 1 aliphatic heterocycles. The van der Waals surface area contributed by atoms with E-state index in [2.05, 4.69) is 119 Å². The maximum absolute atomic E-state index is 8.44. The monoisotopic (exact) mass is 501 g/mol. The van der Waals surface area contributed by atoms with E-state index in [9.17, 15) is 0 Å². The van der Waals surface area contributed by atoms with Crippen molar-refractivity contribution >= 4 is 38.9 Å². The number of ether oxygens (including phenoxy) is 1. The highest BCUT2D eigenvalue weighted by Crippen LogP contribution is 2.48. The average molecular weight is 502 g/mol. The molecule has 8 rings (SSSR count). The molecule has 3 nitrogen and oxygen atoms in total. The van der Waals surface area contributed by atoms with Crippen LogP contribution in [0, 0.1) is 0 Å². The van der Waals surface area contributed by atoms with E-state index < -0.39 is 0 Å². The zero-order valence-corrected chi connectivity index (χ0v) is 21.1. The minimum Gasteiger partial charge on any atom is -0.452 e. The molecule has 39 heavy (non-hydrogen) atoms. The van der Waals surface area contributed by atoms with Gasteiger partial charge in [0.1, 0.15) is 0 Å². The summed E-state index contributed by atoms with van der Waals surface area (Å²) in [5.41, 5.74) is 8.51. The number of hydrogen-bond acceptors (Lipinski definition) is 2. The lowest BCUT2D eigenvalue weighted by molar-refractivity contribution is 0.478. The van der Waals surface area contributed by atoms with Crippen molar-refractivity contribution in [3.05, 3.63) is 146 Å². The minimum atomic E-state index is 0.442. The summed E-state index contributed by atoms with van der Waals surface area (Å²) in [6, 6.07) is 48.4. The molecule has 0 atom stereocenters. The van der Waals surface area contributed by atoms with Crippen molar-refractivity contribution in [2.75, 3.05) is 4.90 Å². The molecular formula is C36H24N2O. The number of para-hydroxylation sites is 5.